The number of aromatic nitrogens is 3. The third kappa shape index (κ3) is 7.98. The van der Waals surface area contributed by atoms with Crippen LogP contribution < -0.4 is 0 Å². The van der Waals surface area contributed by atoms with Gasteiger partial charge >= 0.3 is 0 Å². The topological polar surface area (TPSA) is 51.8 Å². The Bertz CT molecular complexity index is 2360. The Morgan fingerprint density at radius 3 is 2.33 bits per heavy atom. The minimum absolute atomic E-state index is 0. The summed E-state index contributed by atoms with van der Waals surface area (Å²) in [5.74, 6) is 0. The molecule has 0 N–H and O–H groups in total. The molecule has 0 aliphatic carbocycles. The SMILES string of the molecule is Cc1c[c-]c(-c2cc(C)c(C)cn2)cc1.[2H]C([2H])([2H])c1ccc2c(n1)oc1c(-c3cc(C([2H])([2H])Cc4ccc(C(C)(C)C)cc4)ccn3)[c-]ccc12.[Ir]. The van der Waals surface area contributed by atoms with Crippen molar-refractivity contribution in [3.05, 3.63) is 149 Å². The van der Waals surface area contributed by atoms with Crippen LogP contribution in [-0.2, 0) is 38.3 Å². The number of hydrogen-bond donors (Lipinski definition) is 0. The van der Waals surface area contributed by atoms with Gasteiger partial charge in [-0.1, -0.05) is 86.2 Å². The predicted molar refractivity (Wildman–Crippen MR) is 194 cm³/mol. The van der Waals surface area contributed by atoms with Crippen LogP contribution in [0.1, 0.15) is 66.7 Å². The van der Waals surface area contributed by atoms with E-state index in [1.54, 1.807) is 30.5 Å². The normalized spacial score (nSPS) is 13.3. The number of nitrogens with zero attached hydrogens (tertiary/aromatic N) is 3. The molecule has 4 aromatic heterocycles. The smallest absolute Gasteiger partial charge is 0.216 e. The Labute approximate surface area is 305 Å². The zero-order valence-electron chi connectivity index (χ0n) is 33.0. The van der Waals surface area contributed by atoms with Gasteiger partial charge < -0.3 is 14.4 Å². The summed E-state index contributed by atoms with van der Waals surface area (Å²) in [6.45, 7) is 10.4. The van der Waals surface area contributed by atoms with E-state index in [1.165, 1.54) is 28.3 Å². The number of furan rings is 1. The summed E-state index contributed by atoms with van der Waals surface area (Å²) in [6, 6.07) is 33.0. The van der Waals surface area contributed by atoms with Crippen molar-refractivity contribution in [2.24, 2.45) is 0 Å². The summed E-state index contributed by atoms with van der Waals surface area (Å²) in [7, 11) is 0. The van der Waals surface area contributed by atoms with Crippen LogP contribution >= 0.6 is 0 Å². The molecule has 4 heterocycles. The second kappa shape index (κ2) is 14.8. The molecule has 0 amide bonds. The van der Waals surface area contributed by atoms with Crippen LogP contribution in [0.25, 0.3) is 44.6 Å². The van der Waals surface area contributed by atoms with E-state index in [0.29, 0.717) is 27.8 Å². The van der Waals surface area contributed by atoms with Gasteiger partial charge in [0.25, 0.3) is 0 Å². The summed E-state index contributed by atoms with van der Waals surface area (Å²) in [4.78, 5) is 13.1. The Kier molecular flexibility index (Phi) is 8.79. The van der Waals surface area contributed by atoms with Crippen LogP contribution in [0.5, 0.6) is 0 Å². The van der Waals surface area contributed by atoms with Gasteiger partial charge in [0.15, 0.2) is 0 Å². The molecule has 1 radical (unpaired) electrons. The number of rotatable bonds is 5. The summed E-state index contributed by atoms with van der Waals surface area (Å²) < 4.78 is 46.5. The van der Waals surface area contributed by atoms with Crippen LogP contribution in [0.2, 0.25) is 0 Å². The maximum atomic E-state index is 8.82. The van der Waals surface area contributed by atoms with Crippen molar-refractivity contribution in [3.8, 4) is 22.5 Å². The Balaban J connectivity index is 0.000000283. The fraction of sp³-hybridized carbons (Fsp3) is 0.233. The third-order valence-corrected chi connectivity index (χ3v) is 8.25. The molecule has 0 fully saturated rings. The van der Waals surface area contributed by atoms with Gasteiger partial charge in [-0.05, 0) is 85.2 Å². The van der Waals surface area contributed by atoms with Gasteiger partial charge in [-0.3, -0.25) is 0 Å². The van der Waals surface area contributed by atoms with E-state index in [-0.39, 0.29) is 43.3 Å². The fourth-order valence-corrected chi connectivity index (χ4v) is 5.25. The van der Waals surface area contributed by atoms with Gasteiger partial charge in [-0.25, -0.2) is 4.98 Å². The van der Waals surface area contributed by atoms with Gasteiger partial charge in [0, 0.05) is 50.4 Å². The Morgan fingerprint density at radius 1 is 0.812 bits per heavy atom. The van der Waals surface area contributed by atoms with Gasteiger partial charge in [0.05, 0.1) is 5.58 Å². The molecule has 48 heavy (non-hydrogen) atoms. The first-order valence-electron chi connectivity index (χ1n) is 18.2. The molecular formula is C43H41IrN3O-2. The van der Waals surface area contributed by atoms with Crippen molar-refractivity contribution in [1.29, 1.82) is 0 Å². The van der Waals surface area contributed by atoms with Gasteiger partial charge in [-0.2, -0.15) is 0 Å². The van der Waals surface area contributed by atoms with Gasteiger partial charge in [-0.15, -0.1) is 53.6 Å². The number of hydrogen-bond acceptors (Lipinski definition) is 4. The Morgan fingerprint density at radius 2 is 1.62 bits per heavy atom. The molecule has 5 heteroatoms. The standard InChI is InChI=1S/C29H27N2O.C14H14N.Ir/c1-19-8-15-24-23-6-5-7-25(27(23)32-28(24)31-19)26-18-21(16-17-30-26)10-9-20-11-13-22(14-12-20)29(2,3)4;1-10-4-6-13(7-5-10)14-8-11(2)12(3)9-15-14;/h5-6,8,11-18H,9-10H2,1-4H3;4-6,8-9H,1-3H3;/q2*-1;/i1D3,10D2;;. The molecule has 7 aromatic rings. The number of pyridine rings is 3. The first-order chi connectivity index (χ1) is 24.5. The van der Waals surface area contributed by atoms with E-state index >= 15 is 0 Å². The van der Waals surface area contributed by atoms with Gasteiger partial charge in [0.2, 0.25) is 5.71 Å². The molecule has 4 nitrogen and oxygen atoms in total. The molecule has 245 valence electrons. The summed E-state index contributed by atoms with van der Waals surface area (Å²) in [5, 5.41) is 1.46. The van der Waals surface area contributed by atoms with E-state index in [0.717, 1.165) is 22.2 Å². The van der Waals surface area contributed by atoms with E-state index < -0.39 is 13.2 Å². The Hall–Kier alpha value is -4.44. The zero-order valence-corrected chi connectivity index (χ0v) is 30.4. The maximum Gasteiger partial charge on any atom is 0.216 e. The minimum Gasteiger partial charge on any atom is -0.486 e. The molecular weight excluding hydrogens is 767 g/mol. The monoisotopic (exact) mass is 813 g/mol. The summed E-state index contributed by atoms with van der Waals surface area (Å²) in [5.41, 5.74) is 10.2. The summed E-state index contributed by atoms with van der Waals surface area (Å²) in [6.07, 6.45) is 2.10. The molecule has 0 atom stereocenters. The first kappa shape index (κ1) is 28.6. The van der Waals surface area contributed by atoms with Crippen molar-refractivity contribution in [3.63, 3.8) is 0 Å². The van der Waals surface area contributed by atoms with Crippen molar-refractivity contribution < 1.29 is 31.4 Å². The van der Waals surface area contributed by atoms with E-state index in [4.69, 9.17) is 11.3 Å². The maximum absolute atomic E-state index is 8.82. The molecule has 0 aliphatic heterocycles. The quantitative estimate of drug-likeness (QED) is 0.163. The molecule has 3 aromatic carbocycles. The van der Waals surface area contributed by atoms with Crippen LogP contribution in [0.15, 0.2) is 102 Å². The van der Waals surface area contributed by atoms with Gasteiger partial charge in [0.1, 0.15) is 0 Å². The minimum atomic E-state index is -2.34. The second-order valence-electron chi connectivity index (χ2n) is 12.9. The largest absolute Gasteiger partial charge is 0.486 e. The van der Waals surface area contributed by atoms with E-state index in [9.17, 15) is 0 Å². The molecule has 0 saturated heterocycles. The van der Waals surface area contributed by atoms with Crippen molar-refractivity contribution in [2.75, 3.05) is 0 Å². The molecule has 0 spiro atoms. The third-order valence-electron chi connectivity index (χ3n) is 8.25. The summed E-state index contributed by atoms with van der Waals surface area (Å²) >= 11 is 0. The number of fused-ring (bicyclic) bond motifs is 3. The molecule has 0 unspecified atom stereocenters. The average molecular weight is 813 g/mol. The van der Waals surface area contributed by atoms with Crippen molar-refractivity contribution >= 4 is 22.1 Å². The van der Waals surface area contributed by atoms with Crippen LogP contribution in [-0.4, -0.2) is 15.0 Å². The fourth-order valence-electron chi connectivity index (χ4n) is 5.25. The van der Waals surface area contributed by atoms with E-state index in [2.05, 4.69) is 99.0 Å². The molecule has 0 saturated carbocycles. The molecule has 7 rings (SSSR count). The first-order valence-corrected chi connectivity index (χ1v) is 15.7. The van der Waals surface area contributed by atoms with Crippen LogP contribution in [0.3, 0.4) is 0 Å². The van der Waals surface area contributed by atoms with Crippen molar-refractivity contribution in [2.45, 2.75) is 66.6 Å². The van der Waals surface area contributed by atoms with Crippen LogP contribution in [0.4, 0.5) is 0 Å². The zero-order chi connectivity index (χ0) is 37.4. The molecule has 0 aliphatic rings. The average Bonchev–Trinajstić information content (AvgIpc) is 3.48. The van der Waals surface area contributed by atoms with E-state index in [1.807, 2.05) is 30.5 Å². The van der Waals surface area contributed by atoms with Crippen LogP contribution in [0, 0.1) is 39.8 Å². The predicted octanol–water partition coefficient (Wildman–Crippen LogP) is 10.7. The number of benzene rings is 3. The molecule has 0 bridgehead atoms. The van der Waals surface area contributed by atoms with Crippen molar-refractivity contribution in [1.82, 2.24) is 15.0 Å². The number of aryl methyl sites for hydroxylation is 6. The second-order valence-corrected chi connectivity index (χ2v) is 12.9.